The molecule has 4 rings (SSSR count). The van der Waals surface area contributed by atoms with Gasteiger partial charge in [0.15, 0.2) is 0 Å². The van der Waals surface area contributed by atoms with Crippen LogP contribution in [0.2, 0.25) is 5.02 Å². The van der Waals surface area contributed by atoms with Crippen molar-refractivity contribution in [3.8, 4) is 0 Å². The molecule has 1 atom stereocenters. The molecule has 3 aromatic rings. The Morgan fingerprint density at radius 1 is 1.25 bits per heavy atom. The Balaban J connectivity index is 1.43. The summed E-state index contributed by atoms with van der Waals surface area (Å²) in [5.74, 6) is -0.248. The lowest BCUT2D eigenvalue weighted by Gasteiger charge is -2.33. The zero-order chi connectivity index (χ0) is 19.8. The number of nitrogens with zero attached hydrogens (tertiary/aromatic N) is 1. The van der Waals surface area contributed by atoms with Crippen LogP contribution in [-0.4, -0.2) is 36.4 Å². The van der Waals surface area contributed by atoms with E-state index < -0.39 is 0 Å². The van der Waals surface area contributed by atoms with Crippen molar-refractivity contribution in [2.45, 2.75) is 19.4 Å². The number of fused-ring (bicyclic) bond motifs is 2. The molecule has 28 heavy (non-hydrogen) atoms. The molecule has 2 aromatic carbocycles. The Labute approximate surface area is 167 Å². The van der Waals surface area contributed by atoms with E-state index in [1.54, 1.807) is 12.1 Å². The molecule has 1 aliphatic rings. The van der Waals surface area contributed by atoms with Crippen molar-refractivity contribution in [3.05, 3.63) is 58.7 Å². The van der Waals surface area contributed by atoms with Crippen molar-refractivity contribution in [1.29, 1.82) is 0 Å². The van der Waals surface area contributed by atoms with Crippen LogP contribution in [0.3, 0.4) is 0 Å². The van der Waals surface area contributed by atoms with Crippen molar-refractivity contribution >= 4 is 45.7 Å². The quantitative estimate of drug-likeness (QED) is 0.631. The lowest BCUT2D eigenvalue weighted by atomic mass is 10.1. The van der Waals surface area contributed by atoms with Crippen molar-refractivity contribution in [2.75, 3.05) is 23.8 Å². The molecule has 0 spiro atoms. The van der Waals surface area contributed by atoms with Gasteiger partial charge in [0, 0.05) is 41.3 Å². The average Bonchev–Trinajstić information content (AvgIpc) is 3.08. The predicted molar refractivity (Wildman–Crippen MR) is 112 cm³/mol. The summed E-state index contributed by atoms with van der Waals surface area (Å²) in [6.45, 7) is 2.34. The molecule has 0 saturated heterocycles. The fourth-order valence-electron chi connectivity index (χ4n) is 3.48. The van der Waals surface area contributed by atoms with Crippen LogP contribution >= 0.6 is 11.6 Å². The Morgan fingerprint density at radius 2 is 2.07 bits per heavy atom. The molecule has 144 valence electrons. The van der Waals surface area contributed by atoms with Crippen LogP contribution in [0.25, 0.3) is 10.9 Å². The number of anilines is 2. The minimum atomic E-state index is -0.239. The van der Waals surface area contributed by atoms with Gasteiger partial charge in [0.1, 0.15) is 6.04 Å². The molecule has 3 N–H and O–H groups in total. The smallest absolute Gasteiger partial charge is 0.251 e. The first-order valence-electron chi connectivity index (χ1n) is 9.15. The molecule has 7 heteroatoms. The number of halogens is 1. The number of carbonyl (C=O) groups excluding carboxylic acids is 2. The first kappa shape index (κ1) is 18.4. The highest BCUT2D eigenvalue weighted by Crippen LogP contribution is 2.31. The van der Waals surface area contributed by atoms with Crippen LogP contribution in [0.1, 0.15) is 22.8 Å². The van der Waals surface area contributed by atoms with E-state index in [-0.39, 0.29) is 17.9 Å². The number of aromatic nitrogens is 1. The van der Waals surface area contributed by atoms with Crippen LogP contribution in [0, 0.1) is 0 Å². The zero-order valence-corrected chi connectivity index (χ0v) is 16.4. The average molecular weight is 397 g/mol. The maximum atomic E-state index is 12.5. The largest absolute Gasteiger partial charge is 0.361 e. The van der Waals surface area contributed by atoms with E-state index >= 15 is 0 Å². The fourth-order valence-corrected chi connectivity index (χ4v) is 3.65. The number of aromatic amines is 1. The summed E-state index contributed by atoms with van der Waals surface area (Å²) in [5, 5.41) is 7.56. The first-order chi connectivity index (χ1) is 13.4. The summed E-state index contributed by atoms with van der Waals surface area (Å²) in [5.41, 5.74) is 4.20. The number of hydrogen-bond acceptors (Lipinski definition) is 3. The Kier molecular flexibility index (Phi) is 4.73. The van der Waals surface area contributed by atoms with Gasteiger partial charge in [0.2, 0.25) is 5.91 Å². The first-order valence-corrected chi connectivity index (χ1v) is 9.53. The molecule has 0 saturated carbocycles. The van der Waals surface area contributed by atoms with E-state index in [1.165, 1.54) is 0 Å². The van der Waals surface area contributed by atoms with Gasteiger partial charge >= 0.3 is 0 Å². The second-order valence-corrected chi connectivity index (χ2v) is 7.45. The molecular weight excluding hydrogens is 376 g/mol. The summed E-state index contributed by atoms with van der Waals surface area (Å²) in [6, 6.07) is 10.8. The summed E-state index contributed by atoms with van der Waals surface area (Å²) < 4.78 is 0. The van der Waals surface area contributed by atoms with E-state index in [1.807, 2.05) is 49.3 Å². The third-order valence-electron chi connectivity index (χ3n) is 5.27. The standard InChI is InChI=1S/C21H21ClN4O2/c1-12-20(27)25-18-9-13(3-6-19(18)26(12)2)21(28)23-8-7-14-11-24-17-5-4-15(22)10-16(14)17/h3-6,9-12,24H,7-8H2,1-2H3,(H,23,28)(H,25,27). The zero-order valence-electron chi connectivity index (χ0n) is 15.7. The molecule has 2 amide bonds. The summed E-state index contributed by atoms with van der Waals surface area (Å²) in [6.07, 6.45) is 2.63. The monoisotopic (exact) mass is 396 g/mol. The van der Waals surface area contributed by atoms with Gasteiger partial charge in [-0.25, -0.2) is 0 Å². The number of amides is 2. The molecule has 0 bridgehead atoms. The lowest BCUT2D eigenvalue weighted by Crippen LogP contribution is -2.44. The molecule has 6 nitrogen and oxygen atoms in total. The topological polar surface area (TPSA) is 77.2 Å². The fraction of sp³-hybridized carbons (Fsp3) is 0.238. The van der Waals surface area contributed by atoms with Gasteiger partial charge in [-0.05, 0) is 55.3 Å². The molecule has 1 unspecified atom stereocenters. The third kappa shape index (κ3) is 3.31. The number of H-pyrrole nitrogens is 1. The normalized spacial score (nSPS) is 16.0. The van der Waals surface area contributed by atoms with Crippen LogP contribution < -0.4 is 15.5 Å². The van der Waals surface area contributed by atoms with Gasteiger partial charge in [-0.2, -0.15) is 0 Å². The maximum absolute atomic E-state index is 12.5. The van der Waals surface area contributed by atoms with E-state index in [9.17, 15) is 9.59 Å². The van der Waals surface area contributed by atoms with Gasteiger partial charge in [-0.1, -0.05) is 11.6 Å². The number of likely N-dealkylation sites (N-methyl/N-ethyl adjacent to an activating group) is 1. The van der Waals surface area contributed by atoms with Crippen LogP contribution in [0.5, 0.6) is 0 Å². The van der Waals surface area contributed by atoms with E-state index in [0.717, 1.165) is 22.2 Å². The summed E-state index contributed by atoms with van der Waals surface area (Å²) in [4.78, 5) is 29.7. The van der Waals surface area contributed by atoms with Gasteiger partial charge < -0.3 is 20.5 Å². The van der Waals surface area contributed by atoms with Crippen molar-refractivity contribution in [1.82, 2.24) is 10.3 Å². The molecule has 1 aromatic heterocycles. The second-order valence-electron chi connectivity index (χ2n) is 7.02. The Morgan fingerprint density at radius 3 is 2.89 bits per heavy atom. The predicted octanol–water partition coefficient (Wildman–Crippen LogP) is 3.57. The Hall–Kier alpha value is -2.99. The number of hydrogen-bond donors (Lipinski definition) is 3. The highest BCUT2D eigenvalue weighted by molar-refractivity contribution is 6.31. The van der Waals surface area contributed by atoms with Crippen LogP contribution in [0.4, 0.5) is 11.4 Å². The third-order valence-corrected chi connectivity index (χ3v) is 5.50. The molecule has 2 heterocycles. The van der Waals surface area contributed by atoms with Gasteiger partial charge in [-0.3, -0.25) is 9.59 Å². The van der Waals surface area contributed by atoms with E-state index in [0.29, 0.717) is 29.2 Å². The number of nitrogens with one attached hydrogen (secondary N) is 3. The highest BCUT2D eigenvalue weighted by Gasteiger charge is 2.27. The summed E-state index contributed by atoms with van der Waals surface area (Å²) in [7, 11) is 1.87. The van der Waals surface area contributed by atoms with E-state index in [2.05, 4.69) is 15.6 Å². The van der Waals surface area contributed by atoms with Gasteiger partial charge in [-0.15, -0.1) is 0 Å². The Bertz CT molecular complexity index is 1080. The van der Waals surface area contributed by atoms with Crippen molar-refractivity contribution < 1.29 is 9.59 Å². The number of carbonyl (C=O) groups is 2. The maximum Gasteiger partial charge on any atom is 0.251 e. The van der Waals surface area contributed by atoms with Crippen molar-refractivity contribution in [2.24, 2.45) is 0 Å². The van der Waals surface area contributed by atoms with Crippen LogP contribution in [0.15, 0.2) is 42.6 Å². The van der Waals surface area contributed by atoms with Gasteiger partial charge in [0.05, 0.1) is 11.4 Å². The number of rotatable bonds is 4. The molecular formula is C21H21ClN4O2. The highest BCUT2D eigenvalue weighted by atomic mass is 35.5. The lowest BCUT2D eigenvalue weighted by molar-refractivity contribution is -0.117. The minimum Gasteiger partial charge on any atom is -0.361 e. The summed E-state index contributed by atoms with van der Waals surface area (Å²) >= 11 is 6.08. The molecule has 1 aliphatic heterocycles. The SMILES string of the molecule is CC1C(=O)Nc2cc(C(=O)NCCc3c[nH]c4ccc(Cl)cc34)ccc2N1C. The minimum absolute atomic E-state index is 0.0782. The van der Waals surface area contributed by atoms with Crippen LogP contribution in [-0.2, 0) is 11.2 Å². The molecule has 0 fully saturated rings. The second kappa shape index (κ2) is 7.20. The van der Waals surface area contributed by atoms with E-state index in [4.69, 9.17) is 11.6 Å². The van der Waals surface area contributed by atoms with Crippen molar-refractivity contribution in [3.63, 3.8) is 0 Å². The molecule has 0 aliphatic carbocycles. The number of benzene rings is 2. The molecule has 0 radical (unpaired) electrons. The van der Waals surface area contributed by atoms with Gasteiger partial charge in [0.25, 0.3) is 5.91 Å².